The van der Waals surface area contributed by atoms with Gasteiger partial charge >= 0.3 is 22.3 Å². The first-order valence-corrected chi connectivity index (χ1v) is 11.2. The van der Waals surface area contributed by atoms with E-state index in [0.29, 0.717) is 16.1 Å². The SMILES string of the molecule is CCOC(=O)C/C(=N\N=C(/c1ccc(Cl)cc1)c1ccc(OS(C)(=O)=O)cc1)C(F)(F)F. The highest BCUT2D eigenvalue weighted by atomic mass is 35.5. The zero-order chi connectivity index (χ0) is 23.9. The molecule has 0 amide bonds. The molecule has 2 aromatic carbocycles. The molecule has 7 nitrogen and oxygen atoms in total. The molecule has 0 spiro atoms. The first-order chi connectivity index (χ1) is 14.9. The van der Waals surface area contributed by atoms with Crippen LogP contribution in [0.25, 0.3) is 0 Å². The second-order valence-electron chi connectivity index (χ2n) is 6.29. The molecule has 0 atom stereocenters. The van der Waals surface area contributed by atoms with Gasteiger partial charge in [0.2, 0.25) is 0 Å². The number of carbonyl (C=O) groups excluding carboxylic acids is 1. The van der Waals surface area contributed by atoms with Gasteiger partial charge in [-0.05, 0) is 43.3 Å². The molecule has 2 rings (SSSR count). The van der Waals surface area contributed by atoms with Crippen molar-refractivity contribution in [3.63, 3.8) is 0 Å². The summed E-state index contributed by atoms with van der Waals surface area (Å²) in [4.78, 5) is 11.5. The van der Waals surface area contributed by atoms with Crippen LogP contribution in [0.3, 0.4) is 0 Å². The van der Waals surface area contributed by atoms with Crippen molar-refractivity contribution < 1.29 is 35.3 Å². The Morgan fingerprint density at radius 2 is 1.53 bits per heavy atom. The maximum Gasteiger partial charge on any atom is 0.431 e. The van der Waals surface area contributed by atoms with Crippen LogP contribution in [0.15, 0.2) is 58.7 Å². The molecule has 0 aliphatic heterocycles. The highest BCUT2D eigenvalue weighted by molar-refractivity contribution is 7.86. The monoisotopic (exact) mass is 490 g/mol. The molecular formula is C20H18ClF3N2O5S. The molecule has 12 heteroatoms. The molecular weight excluding hydrogens is 473 g/mol. The zero-order valence-corrected chi connectivity index (χ0v) is 18.5. The van der Waals surface area contributed by atoms with Crippen LogP contribution in [0.4, 0.5) is 13.2 Å². The van der Waals surface area contributed by atoms with Crippen LogP contribution in [-0.4, -0.2) is 44.8 Å². The lowest BCUT2D eigenvalue weighted by Crippen LogP contribution is -2.26. The van der Waals surface area contributed by atoms with Gasteiger partial charge in [-0.25, -0.2) is 0 Å². The van der Waals surface area contributed by atoms with E-state index in [1.54, 1.807) is 0 Å². The zero-order valence-electron chi connectivity index (χ0n) is 16.9. The molecule has 0 N–H and O–H groups in total. The Bertz CT molecular complexity index is 1110. The van der Waals surface area contributed by atoms with Gasteiger partial charge in [-0.3, -0.25) is 4.79 Å². The first kappa shape index (κ1) is 25.3. The minimum atomic E-state index is -4.91. The molecule has 172 valence electrons. The van der Waals surface area contributed by atoms with Gasteiger partial charge in [0.1, 0.15) is 11.5 Å². The molecule has 0 bridgehead atoms. The molecule has 0 saturated heterocycles. The van der Waals surface area contributed by atoms with Gasteiger partial charge in [0, 0.05) is 16.1 Å². The summed E-state index contributed by atoms with van der Waals surface area (Å²) in [6.45, 7) is 1.39. The minimum Gasteiger partial charge on any atom is -0.466 e. The highest BCUT2D eigenvalue weighted by Crippen LogP contribution is 2.22. The summed E-state index contributed by atoms with van der Waals surface area (Å²) in [5, 5.41) is 7.44. The number of benzene rings is 2. The molecule has 0 fully saturated rings. The van der Waals surface area contributed by atoms with Crippen molar-refractivity contribution in [3.8, 4) is 5.75 Å². The number of nitrogens with zero attached hydrogens (tertiary/aromatic N) is 2. The number of carbonyl (C=O) groups is 1. The van der Waals surface area contributed by atoms with Crippen molar-refractivity contribution >= 4 is 39.1 Å². The van der Waals surface area contributed by atoms with Crippen LogP contribution in [-0.2, 0) is 19.6 Å². The summed E-state index contributed by atoms with van der Waals surface area (Å²) in [5.74, 6) is -1.08. The van der Waals surface area contributed by atoms with E-state index in [1.165, 1.54) is 55.5 Å². The lowest BCUT2D eigenvalue weighted by molar-refractivity contribution is -0.142. The average molecular weight is 491 g/mol. The predicted molar refractivity (Wildman–Crippen MR) is 114 cm³/mol. The standard InChI is InChI=1S/C20H18ClF3N2O5S/c1-3-30-18(27)12-17(20(22,23)24)25-26-19(13-4-8-15(21)9-5-13)14-6-10-16(11-7-14)31-32(2,28)29/h4-11H,3,12H2,1-2H3/b25-17+,26-19+. The van der Waals surface area contributed by atoms with Crippen molar-refractivity contribution in [3.05, 3.63) is 64.7 Å². The summed E-state index contributed by atoms with van der Waals surface area (Å²) in [6.07, 6.45) is -5.14. The Hall–Kier alpha value is -2.92. The van der Waals surface area contributed by atoms with Crippen LogP contribution in [0.2, 0.25) is 5.02 Å². The van der Waals surface area contributed by atoms with Crippen LogP contribution in [0.1, 0.15) is 24.5 Å². The van der Waals surface area contributed by atoms with Gasteiger partial charge in [0.25, 0.3) is 0 Å². The van der Waals surface area contributed by atoms with Gasteiger partial charge in [0.05, 0.1) is 19.3 Å². The summed E-state index contributed by atoms with van der Waals surface area (Å²) >= 11 is 5.88. The quantitative estimate of drug-likeness (QED) is 0.237. The molecule has 0 unspecified atom stereocenters. The Kier molecular flexibility index (Phi) is 8.39. The number of hydrogen-bond donors (Lipinski definition) is 0. The van der Waals surface area contributed by atoms with E-state index < -0.39 is 34.4 Å². The van der Waals surface area contributed by atoms with E-state index >= 15 is 0 Å². The van der Waals surface area contributed by atoms with Gasteiger partial charge < -0.3 is 8.92 Å². The summed E-state index contributed by atoms with van der Waals surface area (Å²) in [7, 11) is -3.76. The van der Waals surface area contributed by atoms with Crippen molar-refractivity contribution in [2.75, 3.05) is 12.9 Å². The third-order valence-corrected chi connectivity index (χ3v) is 4.46. The fraction of sp³-hybridized carbons (Fsp3) is 0.250. The maximum atomic E-state index is 13.3. The Balaban J connectivity index is 2.52. The minimum absolute atomic E-state index is 0.00787. The third-order valence-electron chi connectivity index (χ3n) is 3.71. The maximum absolute atomic E-state index is 13.3. The Morgan fingerprint density at radius 3 is 2.00 bits per heavy atom. The molecule has 0 aliphatic rings. The van der Waals surface area contributed by atoms with Crippen LogP contribution >= 0.6 is 11.6 Å². The van der Waals surface area contributed by atoms with Gasteiger partial charge in [-0.1, -0.05) is 23.7 Å². The number of hydrogen-bond acceptors (Lipinski definition) is 7. The number of ether oxygens (including phenoxy) is 1. The second-order valence-corrected chi connectivity index (χ2v) is 8.30. The van der Waals surface area contributed by atoms with Crippen molar-refractivity contribution in [2.24, 2.45) is 10.2 Å². The normalized spacial score (nSPS) is 13.1. The molecule has 0 aromatic heterocycles. The number of rotatable bonds is 8. The molecule has 32 heavy (non-hydrogen) atoms. The first-order valence-electron chi connectivity index (χ1n) is 9.02. The molecule has 0 heterocycles. The Morgan fingerprint density at radius 1 is 1.00 bits per heavy atom. The fourth-order valence-corrected chi connectivity index (χ4v) is 2.97. The van der Waals surface area contributed by atoms with E-state index in [0.717, 1.165) is 6.26 Å². The highest BCUT2D eigenvalue weighted by Gasteiger charge is 2.37. The topological polar surface area (TPSA) is 94.4 Å². The summed E-state index contributed by atoms with van der Waals surface area (Å²) < 4.78 is 71.9. The van der Waals surface area contributed by atoms with E-state index in [9.17, 15) is 26.4 Å². The number of alkyl halides is 3. The molecule has 0 saturated carbocycles. The lowest BCUT2D eigenvalue weighted by atomic mass is 10.0. The fourth-order valence-electron chi connectivity index (χ4n) is 2.38. The molecule has 0 aliphatic carbocycles. The number of esters is 1. The van der Waals surface area contributed by atoms with Crippen LogP contribution < -0.4 is 4.18 Å². The van der Waals surface area contributed by atoms with Crippen LogP contribution in [0.5, 0.6) is 5.75 Å². The van der Waals surface area contributed by atoms with Crippen molar-refractivity contribution in [1.82, 2.24) is 0 Å². The average Bonchev–Trinajstić information content (AvgIpc) is 2.68. The van der Waals surface area contributed by atoms with E-state index in [1.807, 2.05) is 0 Å². The van der Waals surface area contributed by atoms with Gasteiger partial charge in [-0.15, -0.1) is 10.2 Å². The molecule has 2 aromatic rings. The second kappa shape index (κ2) is 10.6. The predicted octanol–water partition coefficient (Wildman–Crippen LogP) is 4.39. The largest absolute Gasteiger partial charge is 0.466 e. The van der Waals surface area contributed by atoms with E-state index in [4.69, 9.17) is 15.8 Å². The lowest BCUT2D eigenvalue weighted by Gasteiger charge is -2.10. The van der Waals surface area contributed by atoms with Crippen molar-refractivity contribution in [2.45, 2.75) is 19.5 Å². The van der Waals surface area contributed by atoms with Gasteiger partial charge in [-0.2, -0.15) is 21.6 Å². The van der Waals surface area contributed by atoms with Crippen LogP contribution in [0, 0.1) is 0 Å². The number of halogens is 4. The third kappa shape index (κ3) is 7.97. The van der Waals surface area contributed by atoms with Crippen molar-refractivity contribution in [1.29, 1.82) is 0 Å². The summed E-state index contributed by atoms with van der Waals surface area (Å²) in [5.41, 5.74) is -0.709. The van der Waals surface area contributed by atoms with E-state index in [-0.39, 0.29) is 18.1 Å². The smallest absolute Gasteiger partial charge is 0.431 e. The molecule has 0 radical (unpaired) electrons. The van der Waals surface area contributed by atoms with Gasteiger partial charge in [0.15, 0.2) is 5.71 Å². The van der Waals surface area contributed by atoms with E-state index in [2.05, 4.69) is 14.9 Å². The Labute approximate surface area is 187 Å². The summed E-state index contributed by atoms with van der Waals surface area (Å²) in [6, 6.07) is 11.5.